The molecule has 0 aliphatic rings. The number of rotatable bonds is 6. The summed E-state index contributed by atoms with van der Waals surface area (Å²) in [5, 5.41) is 11.9. The lowest BCUT2D eigenvalue weighted by molar-refractivity contribution is 0.292. The Bertz CT molecular complexity index is 300. The fraction of sp³-hybridized carbons (Fsp3) is 0.500. The van der Waals surface area contributed by atoms with E-state index in [1.165, 1.54) is 11.1 Å². The summed E-state index contributed by atoms with van der Waals surface area (Å²) >= 11 is 0. The summed E-state index contributed by atoms with van der Waals surface area (Å²) in [4.78, 5) is 0. The predicted molar refractivity (Wildman–Crippen MR) is 64.1 cm³/mol. The summed E-state index contributed by atoms with van der Waals surface area (Å²) in [5.74, 6) is 0. The molecule has 84 valence electrons. The summed E-state index contributed by atoms with van der Waals surface area (Å²) in [6.45, 7) is 3.84. The Morgan fingerprint density at radius 2 is 2.20 bits per heavy atom. The lowest BCUT2D eigenvalue weighted by Gasteiger charge is -2.09. The van der Waals surface area contributed by atoms with Crippen molar-refractivity contribution in [3.63, 3.8) is 0 Å². The first kappa shape index (κ1) is 12.0. The lowest BCUT2D eigenvalue weighted by Crippen LogP contribution is -2.06. The predicted octanol–water partition coefficient (Wildman–Crippen LogP) is 1.29. The first-order valence-corrected chi connectivity index (χ1v) is 5.42. The van der Waals surface area contributed by atoms with Gasteiger partial charge in [0, 0.05) is 18.8 Å². The fourth-order valence-electron chi connectivity index (χ4n) is 1.55. The van der Waals surface area contributed by atoms with Crippen molar-refractivity contribution in [1.29, 1.82) is 0 Å². The Morgan fingerprint density at radius 3 is 2.80 bits per heavy atom. The zero-order valence-corrected chi connectivity index (χ0v) is 9.29. The van der Waals surface area contributed by atoms with Gasteiger partial charge in [0.25, 0.3) is 0 Å². The number of hydrogen-bond donors (Lipinski definition) is 3. The maximum absolute atomic E-state index is 8.66. The molecule has 0 amide bonds. The van der Waals surface area contributed by atoms with E-state index in [1.807, 2.05) is 0 Å². The molecule has 1 rings (SSSR count). The monoisotopic (exact) mass is 208 g/mol. The van der Waals surface area contributed by atoms with Crippen LogP contribution in [-0.2, 0) is 6.42 Å². The molecule has 0 spiro atoms. The summed E-state index contributed by atoms with van der Waals surface area (Å²) in [6, 6.07) is 6.31. The van der Waals surface area contributed by atoms with Crippen LogP contribution in [0.25, 0.3) is 0 Å². The van der Waals surface area contributed by atoms with Crippen molar-refractivity contribution < 1.29 is 5.11 Å². The maximum atomic E-state index is 8.66. The van der Waals surface area contributed by atoms with Crippen molar-refractivity contribution >= 4 is 5.69 Å². The second-order valence-corrected chi connectivity index (χ2v) is 3.68. The molecule has 0 saturated heterocycles. The second kappa shape index (κ2) is 6.43. The number of aryl methyl sites for hydroxylation is 1. The molecule has 0 saturated carbocycles. The molecule has 0 aliphatic heterocycles. The van der Waals surface area contributed by atoms with Gasteiger partial charge in [0.1, 0.15) is 0 Å². The number of nitrogens with two attached hydrogens (primary N) is 1. The number of aliphatic hydroxyl groups excluding tert-OH is 1. The van der Waals surface area contributed by atoms with Crippen LogP contribution in [-0.4, -0.2) is 24.8 Å². The molecule has 1 aromatic rings. The summed E-state index contributed by atoms with van der Waals surface area (Å²) in [7, 11) is 0. The van der Waals surface area contributed by atoms with E-state index in [0.29, 0.717) is 6.54 Å². The van der Waals surface area contributed by atoms with Gasteiger partial charge in [0.15, 0.2) is 0 Å². The van der Waals surface area contributed by atoms with Crippen molar-refractivity contribution in [1.82, 2.24) is 0 Å². The minimum atomic E-state index is 0.233. The Hall–Kier alpha value is -1.06. The van der Waals surface area contributed by atoms with E-state index in [9.17, 15) is 0 Å². The average molecular weight is 208 g/mol. The van der Waals surface area contributed by atoms with Crippen LogP contribution in [0.4, 0.5) is 5.69 Å². The molecule has 0 aromatic heterocycles. The van der Waals surface area contributed by atoms with E-state index in [1.54, 1.807) is 0 Å². The van der Waals surface area contributed by atoms with E-state index >= 15 is 0 Å². The van der Waals surface area contributed by atoms with Crippen LogP contribution in [0.15, 0.2) is 18.2 Å². The number of aliphatic hydroxyl groups is 1. The first-order chi connectivity index (χ1) is 7.27. The van der Waals surface area contributed by atoms with Gasteiger partial charge in [-0.2, -0.15) is 0 Å². The molecule has 3 nitrogen and oxygen atoms in total. The van der Waals surface area contributed by atoms with Crippen molar-refractivity contribution in [2.24, 2.45) is 5.73 Å². The standard InChI is InChI=1S/C12H20N2O/c1-10-9-12(14-7-2-8-15)4-3-11(10)5-6-13/h3-4,9,14-15H,2,5-8,13H2,1H3. The van der Waals surface area contributed by atoms with Gasteiger partial charge < -0.3 is 16.2 Å². The van der Waals surface area contributed by atoms with Gasteiger partial charge >= 0.3 is 0 Å². The molecule has 0 heterocycles. The Labute approximate surface area is 91.3 Å². The summed E-state index contributed by atoms with van der Waals surface area (Å²) in [5.41, 5.74) is 9.22. The van der Waals surface area contributed by atoms with Crippen LogP contribution in [0.3, 0.4) is 0 Å². The van der Waals surface area contributed by atoms with Gasteiger partial charge in [-0.3, -0.25) is 0 Å². The van der Waals surface area contributed by atoms with Gasteiger partial charge in [-0.15, -0.1) is 0 Å². The van der Waals surface area contributed by atoms with Crippen LogP contribution in [0.5, 0.6) is 0 Å². The molecule has 15 heavy (non-hydrogen) atoms. The number of hydrogen-bond acceptors (Lipinski definition) is 3. The molecule has 0 atom stereocenters. The van der Waals surface area contributed by atoms with Crippen LogP contribution in [0, 0.1) is 6.92 Å². The van der Waals surface area contributed by atoms with E-state index in [2.05, 4.69) is 30.4 Å². The van der Waals surface area contributed by atoms with E-state index in [-0.39, 0.29) is 6.61 Å². The minimum absolute atomic E-state index is 0.233. The van der Waals surface area contributed by atoms with Crippen molar-refractivity contribution in [3.8, 4) is 0 Å². The molecular formula is C12H20N2O. The first-order valence-electron chi connectivity index (χ1n) is 5.42. The van der Waals surface area contributed by atoms with Crippen molar-refractivity contribution in [2.45, 2.75) is 19.8 Å². The lowest BCUT2D eigenvalue weighted by atomic mass is 10.1. The van der Waals surface area contributed by atoms with Crippen molar-refractivity contribution in [3.05, 3.63) is 29.3 Å². The SMILES string of the molecule is Cc1cc(NCCCO)ccc1CCN. The summed E-state index contributed by atoms with van der Waals surface area (Å²) < 4.78 is 0. The van der Waals surface area contributed by atoms with Crippen molar-refractivity contribution in [2.75, 3.05) is 25.0 Å². The Balaban J connectivity index is 2.56. The Morgan fingerprint density at radius 1 is 1.40 bits per heavy atom. The van der Waals surface area contributed by atoms with E-state index < -0.39 is 0 Å². The van der Waals surface area contributed by atoms with Crippen LogP contribution in [0.2, 0.25) is 0 Å². The topological polar surface area (TPSA) is 58.3 Å². The number of benzene rings is 1. The van der Waals surface area contributed by atoms with Crippen LogP contribution in [0.1, 0.15) is 17.5 Å². The average Bonchev–Trinajstić information content (AvgIpc) is 2.23. The third-order valence-electron chi connectivity index (χ3n) is 2.42. The molecule has 0 aliphatic carbocycles. The number of nitrogens with one attached hydrogen (secondary N) is 1. The second-order valence-electron chi connectivity index (χ2n) is 3.68. The van der Waals surface area contributed by atoms with Crippen LogP contribution < -0.4 is 11.1 Å². The molecule has 3 heteroatoms. The Kier molecular flexibility index (Phi) is 5.15. The third-order valence-corrected chi connectivity index (χ3v) is 2.42. The number of anilines is 1. The smallest absolute Gasteiger partial charge is 0.0447 e. The molecule has 0 radical (unpaired) electrons. The van der Waals surface area contributed by atoms with Gasteiger partial charge in [0.05, 0.1) is 0 Å². The molecule has 0 unspecified atom stereocenters. The maximum Gasteiger partial charge on any atom is 0.0447 e. The molecule has 0 bridgehead atoms. The largest absolute Gasteiger partial charge is 0.396 e. The normalized spacial score (nSPS) is 10.3. The van der Waals surface area contributed by atoms with E-state index in [0.717, 1.165) is 25.1 Å². The molecule has 0 fully saturated rings. The third kappa shape index (κ3) is 3.90. The summed E-state index contributed by atoms with van der Waals surface area (Å²) in [6.07, 6.45) is 1.71. The highest BCUT2D eigenvalue weighted by Crippen LogP contribution is 2.15. The molecule has 4 N–H and O–H groups in total. The van der Waals surface area contributed by atoms with Crippen LogP contribution >= 0.6 is 0 Å². The highest BCUT2D eigenvalue weighted by Gasteiger charge is 1.98. The minimum Gasteiger partial charge on any atom is -0.396 e. The molecular weight excluding hydrogens is 188 g/mol. The van der Waals surface area contributed by atoms with Gasteiger partial charge in [-0.25, -0.2) is 0 Å². The highest BCUT2D eigenvalue weighted by molar-refractivity contribution is 5.48. The zero-order valence-electron chi connectivity index (χ0n) is 9.29. The van der Waals surface area contributed by atoms with Gasteiger partial charge in [-0.1, -0.05) is 6.07 Å². The highest BCUT2D eigenvalue weighted by atomic mass is 16.3. The van der Waals surface area contributed by atoms with Gasteiger partial charge in [0.2, 0.25) is 0 Å². The van der Waals surface area contributed by atoms with E-state index in [4.69, 9.17) is 10.8 Å². The quantitative estimate of drug-likeness (QED) is 0.617. The zero-order chi connectivity index (χ0) is 11.1. The molecule has 1 aromatic carbocycles. The fourth-order valence-corrected chi connectivity index (χ4v) is 1.55. The van der Waals surface area contributed by atoms with Gasteiger partial charge in [-0.05, 0) is 49.6 Å².